The van der Waals surface area contributed by atoms with E-state index < -0.39 is 23.6 Å². The fourth-order valence-electron chi connectivity index (χ4n) is 3.05. The number of aromatic nitrogens is 4. The third-order valence-corrected chi connectivity index (χ3v) is 5.22. The van der Waals surface area contributed by atoms with Gasteiger partial charge in [-0.2, -0.15) is 0 Å². The molecule has 12 nitrogen and oxygen atoms in total. The highest BCUT2D eigenvalue weighted by molar-refractivity contribution is 6.35. The van der Waals surface area contributed by atoms with Crippen LogP contribution in [0.25, 0.3) is 0 Å². The minimum atomic E-state index is -0.657. The van der Waals surface area contributed by atoms with E-state index in [4.69, 9.17) is 0 Å². The monoisotopic (exact) mass is 540 g/mol. The number of rotatable bonds is 8. The van der Waals surface area contributed by atoms with Crippen LogP contribution in [0.1, 0.15) is 22.3 Å². The van der Waals surface area contributed by atoms with Crippen molar-refractivity contribution in [1.82, 2.24) is 41.2 Å². The van der Waals surface area contributed by atoms with Crippen molar-refractivity contribution < 1.29 is 19.2 Å². The van der Waals surface area contributed by atoms with Gasteiger partial charge in [-0.05, 0) is 70.8 Å². The zero-order valence-electron chi connectivity index (χ0n) is 21.5. The van der Waals surface area contributed by atoms with E-state index in [0.29, 0.717) is 26.2 Å². The van der Waals surface area contributed by atoms with Gasteiger partial charge in [-0.3, -0.25) is 39.1 Å². The van der Waals surface area contributed by atoms with Crippen LogP contribution in [0.4, 0.5) is 0 Å². The average Bonchev–Trinajstić information content (AvgIpc) is 3.02. The van der Waals surface area contributed by atoms with E-state index in [1.807, 2.05) is 0 Å². The molecule has 0 aliphatic carbocycles. The van der Waals surface area contributed by atoms with Crippen LogP contribution >= 0.6 is 0 Å². The van der Waals surface area contributed by atoms with Gasteiger partial charge in [-0.1, -0.05) is 0 Å². The first kappa shape index (κ1) is 29.0. The van der Waals surface area contributed by atoms with Crippen molar-refractivity contribution in [2.24, 2.45) is 0 Å². The summed E-state index contributed by atoms with van der Waals surface area (Å²) in [5.41, 5.74) is 3.54. The first-order valence-corrected chi connectivity index (χ1v) is 12.2. The number of nitrogens with zero attached hydrogens (tertiary/aromatic N) is 4. The van der Waals surface area contributed by atoms with Gasteiger partial charge in [-0.25, -0.2) is 0 Å². The van der Waals surface area contributed by atoms with Crippen LogP contribution in [0.3, 0.4) is 0 Å². The summed E-state index contributed by atoms with van der Waals surface area (Å²) in [6.07, 6.45) is 13.0. The van der Waals surface area contributed by atoms with E-state index >= 15 is 0 Å². The maximum absolute atomic E-state index is 11.6. The normalized spacial score (nSPS) is 9.80. The lowest BCUT2D eigenvalue weighted by Crippen LogP contribution is -2.39. The highest BCUT2D eigenvalue weighted by Gasteiger charge is 2.13. The Hall–Kier alpha value is -5.52. The van der Waals surface area contributed by atoms with Crippen LogP contribution in [0.5, 0.6) is 0 Å². The number of hydrogen-bond donors (Lipinski definition) is 4. The summed E-state index contributed by atoms with van der Waals surface area (Å²) in [4.78, 5) is 61.8. The fraction of sp³-hybridized carbons (Fsp3) is 0.143. The summed E-state index contributed by atoms with van der Waals surface area (Å²) in [6, 6.07) is 14.2. The van der Waals surface area contributed by atoms with Crippen LogP contribution in [0.2, 0.25) is 0 Å². The van der Waals surface area contributed by atoms with Crippen molar-refractivity contribution in [3.8, 4) is 0 Å². The van der Waals surface area contributed by atoms with Crippen LogP contribution in [-0.2, 0) is 45.4 Å². The van der Waals surface area contributed by atoms with Crippen LogP contribution in [0, 0.1) is 0 Å². The Morgan fingerprint density at radius 2 is 0.550 bits per heavy atom. The van der Waals surface area contributed by atoms with Gasteiger partial charge in [0.05, 0.1) is 0 Å². The fourth-order valence-corrected chi connectivity index (χ4v) is 3.05. The van der Waals surface area contributed by atoms with Gasteiger partial charge in [0, 0.05) is 75.8 Å². The van der Waals surface area contributed by atoms with E-state index in [9.17, 15) is 19.2 Å². The molecule has 0 saturated heterocycles. The molecule has 4 rings (SSSR count). The van der Waals surface area contributed by atoms with Crippen molar-refractivity contribution in [3.05, 3.63) is 120 Å². The summed E-state index contributed by atoms with van der Waals surface area (Å²) >= 11 is 0. The quantitative estimate of drug-likeness (QED) is 0.238. The van der Waals surface area contributed by atoms with E-state index in [1.165, 1.54) is 0 Å². The highest BCUT2D eigenvalue weighted by Crippen LogP contribution is 1.97. The molecule has 0 aliphatic rings. The summed E-state index contributed by atoms with van der Waals surface area (Å²) in [6.45, 7) is 1.18. The molecule has 0 bridgehead atoms. The lowest BCUT2D eigenvalue weighted by molar-refractivity contribution is -0.139. The molecule has 12 heteroatoms. The molecule has 0 atom stereocenters. The van der Waals surface area contributed by atoms with Crippen LogP contribution < -0.4 is 21.3 Å². The number of amides is 4. The summed E-state index contributed by atoms with van der Waals surface area (Å²) < 4.78 is 0. The average molecular weight is 541 g/mol. The molecule has 4 heterocycles. The van der Waals surface area contributed by atoms with Gasteiger partial charge in [0.25, 0.3) is 0 Å². The lowest BCUT2D eigenvalue weighted by Gasteiger charge is -2.06. The van der Waals surface area contributed by atoms with Crippen LogP contribution in [-0.4, -0.2) is 43.6 Å². The zero-order valence-corrected chi connectivity index (χ0v) is 21.5. The van der Waals surface area contributed by atoms with E-state index in [-0.39, 0.29) is 0 Å². The van der Waals surface area contributed by atoms with Gasteiger partial charge < -0.3 is 21.3 Å². The van der Waals surface area contributed by atoms with Crippen molar-refractivity contribution in [2.45, 2.75) is 26.2 Å². The minimum Gasteiger partial charge on any atom is -0.344 e. The second kappa shape index (κ2) is 16.3. The zero-order chi connectivity index (χ0) is 28.4. The Labute approximate surface area is 230 Å². The molecule has 0 aliphatic heterocycles. The molecule has 0 radical (unpaired) electrons. The Kier molecular flexibility index (Phi) is 11.9. The third kappa shape index (κ3) is 10.8. The predicted molar refractivity (Wildman–Crippen MR) is 144 cm³/mol. The molecule has 0 unspecified atom stereocenters. The molecular weight excluding hydrogens is 512 g/mol. The Bertz CT molecular complexity index is 1140. The van der Waals surface area contributed by atoms with E-state index in [2.05, 4.69) is 41.2 Å². The lowest BCUT2D eigenvalue weighted by atomic mass is 10.2. The van der Waals surface area contributed by atoms with E-state index in [0.717, 1.165) is 22.3 Å². The third-order valence-electron chi connectivity index (χ3n) is 5.22. The first-order valence-electron chi connectivity index (χ1n) is 12.2. The van der Waals surface area contributed by atoms with Crippen molar-refractivity contribution in [1.29, 1.82) is 0 Å². The summed E-state index contributed by atoms with van der Waals surface area (Å²) in [5, 5.41) is 10.2. The van der Waals surface area contributed by atoms with Crippen LogP contribution in [0.15, 0.2) is 98.1 Å². The second-order valence-electron chi connectivity index (χ2n) is 8.15. The number of pyridine rings is 4. The predicted octanol–water partition coefficient (Wildman–Crippen LogP) is 0.818. The Morgan fingerprint density at radius 3 is 0.725 bits per heavy atom. The standard InChI is InChI=1S/2C14H14N4O2/c2*19-13(17-9-11-1-5-15-6-2-11)14(20)18-10-12-3-7-16-8-4-12/h2*1-8H,9-10H2,(H,17,19)(H,18,20). The highest BCUT2D eigenvalue weighted by atomic mass is 16.2. The molecule has 0 saturated carbocycles. The SMILES string of the molecule is O=C(NCc1ccncc1)C(=O)NCc1ccncc1.O=C(NCc1ccncc1)C(=O)NCc1ccncc1. The van der Waals surface area contributed by atoms with Crippen molar-refractivity contribution >= 4 is 23.6 Å². The molecular formula is C28H28N8O4. The number of hydrogen-bond acceptors (Lipinski definition) is 8. The maximum atomic E-state index is 11.6. The van der Waals surface area contributed by atoms with Gasteiger partial charge in [0.2, 0.25) is 0 Å². The molecule has 4 N–H and O–H groups in total. The second-order valence-corrected chi connectivity index (χ2v) is 8.15. The molecule has 40 heavy (non-hydrogen) atoms. The van der Waals surface area contributed by atoms with E-state index in [1.54, 1.807) is 98.1 Å². The molecule has 0 aromatic carbocycles. The van der Waals surface area contributed by atoms with Gasteiger partial charge in [-0.15, -0.1) is 0 Å². The number of carbonyl (C=O) groups is 4. The Balaban J connectivity index is 0.000000220. The van der Waals surface area contributed by atoms with Gasteiger partial charge in [0.15, 0.2) is 0 Å². The van der Waals surface area contributed by atoms with Crippen molar-refractivity contribution in [2.75, 3.05) is 0 Å². The number of nitrogens with one attached hydrogen (secondary N) is 4. The molecule has 4 aromatic heterocycles. The molecule has 4 amide bonds. The van der Waals surface area contributed by atoms with Gasteiger partial charge >= 0.3 is 23.6 Å². The summed E-state index contributed by atoms with van der Waals surface area (Å²) in [5.74, 6) is -2.63. The smallest absolute Gasteiger partial charge is 0.309 e. The van der Waals surface area contributed by atoms with Crippen molar-refractivity contribution in [3.63, 3.8) is 0 Å². The molecule has 0 spiro atoms. The van der Waals surface area contributed by atoms with Gasteiger partial charge in [0.1, 0.15) is 0 Å². The molecule has 0 fully saturated rings. The molecule has 204 valence electrons. The summed E-state index contributed by atoms with van der Waals surface area (Å²) in [7, 11) is 0. The first-order chi connectivity index (χ1) is 19.5. The minimum absolute atomic E-state index is 0.296. The number of carbonyl (C=O) groups excluding carboxylic acids is 4. The largest absolute Gasteiger partial charge is 0.344 e. The molecule has 4 aromatic rings. The maximum Gasteiger partial charge on any atom is 0.309 e. The Morgan fingerprint density at radius 1 is 0.375 bits per heavy atom. The topological polar surface area (TPSA) is 168 Å².